The predicted molar refractivity (Wildman–Crippen MR) is 66.4 cm³/mol. The second kappa shape index (κ2) is 4.69. The minimum absolute atomic E-state index is 0.115. The van der Waals surface area contributed by atoms with Gasteiger partial charge in [-0.15, -0.1) is 0 Å². The van der Waals surface area contributed by atoms with Crippen LogP contribution in [0.15, 0.2) is 42.7 Å². The third-order valence-corrected chi connectivity index (χ3v) is 2.84. The Bertz CT molecular complexity index is 480. The third kappa shape index (κ3) is 2.54. The van der Waals surface area contributed by atoms with Gasteiger partial charge in [0.1, 0.15) is 0 Å². The van der Waals surface area contributed by atoms with Gasteiger partial charge in [-0.25, -0.2) is 0 Å². The molecular weight excluding hydrogens is 214 g/mol. The number of aryl methyl sites for hydroxylation is 1. The first kappa shape index (κ1) is 11.8. The van der Waals surface area contributed by atoms with Crippen LogP contribution < -0.4 is 5.73 Å². The second-order valence-electron chi connectivity index (χ2n) is 4.40. The van der Waals surface area contributed by atoms with Crippen LogP contribution in [0.4, 0.5) is 0 Å². The van der Waals surface area contributed by atoms with Crippen LogP contribution in [0.3, 0.4) is 0 Å². The summed E-state index contributed by atoms with van der Waals surface area (Å²) in [5, 5.41) is 13.7. The summed E-state index contributed by atoms with van der Waals surface area (Å²) >= 11 is 0. The highest BCUT2D eigenvalue weighted by Crippen LogP contribution is 2.19. The summed E-state index contributed by atoms with van der Waals surface area (Å²) in [6.45, 7) is 2.32. The van der Waals surface area contributed by atoms with Gasteiger partial charge in [0.15, 0.2) is 0 Å². The minimum Gasteiger partial charge on any atom is -0.394 e. The van der Waals surface area contributed by atoms with Gasteiger partial charge in [0.2, 0.25) is 0 Å². The van der Waals surface area contributed by atoms with E-state index in [1.165, 1.54) is 0 Å². The number of aliphatic hydroxyl groups excluding tert-OH is 1. The Labute approximate surface area is 101 Å². The lowest BCUT2D eigenvalue weighted by molar-refractivity contribution is 0.174. The van der Waals surface area contributed by atoms with Crippen LogP contribution in [-0.4, -0.2) is 21.5 Å². The SMILES string of the molecule is Cc1cnn(CC(N)(CO)c2ccccc2)c1. The largest absolute Gasteiger partial charge is 0.394 e. The van der Waals surface area contributed by atoms with Crippen LogP contribution in [0.5, 0.6) is 0 Å². The van der Waals surface area contributed by atoms with E-state index in [1.54, 1.807) is 10.9 Å². The molecule has 0 aliphatic heterocycles. The first-order valence-corrected chi connectivity index (χ1v) is 5.58. The highest BCUT2D eigenvalue weighted by Gasteiger charge is 2.27. The molecule has 0 amide bonds. The summed E-state index contributed by atoms with van der Waals surface area (Å²) < 4.78 is 1.76. The van der Waals surface area contributed by atoms with Crippen molar-refractivity contribution in [1.29, 1.82) is 0 Å². The zero-order chi connectivity index (χ0) is 12.3. The maximum atomic E-state index is 9.54. The standard InChI is InChI=1S/C13H17N3O/c1-11-7-15-16(8-11)9-13(14,10-17)12-5-3-2-4-6-12/h2-8,17H,9-10,14H2,1H3. The summed E-state index contributed by atoms with van der Waals surface area (Å²) in [7, 11) is 0. The zero-order valence-corrected chi connectivity index (χ0v) is 9.87. The van der Waals surface area contributed by atoms with E-state index in [0.717, 1.165) is 11.1 Å². The van der Waals surface area contributed by atoms with Gasteiger partial charge in [-0.1, -0.05) is 30.3 Å². The molecule has 0 saturated carbocycles. The lowest BCUT2D eigenvalue weighted by atomic mass is 9.92. The lowest BCUT2D eigenvalue weighted by Gasteiger charge is -2.27. The number of rotatable bonds is 4. The lowest BCUT2D eigenvalue weighted by Crippen LogP contribution is -2.44. The molecule has 0 bridgehead atoms. The number of nitrogens with two attached hydrogens (primary N) is 1. The zero-order valence-electron chi connectivity index (χ0n) is 9.87. The second-order valence-corrected chi connectivity index (χ2v) is 4.40. The highest BCUT2D eigenvalue weighted by molar-refractivity contribution is 5.24. The topological polar surface area (TPSA) is 64.1 Å². The Hall–Kier alpha value is -1.65. The molecule has 17 heavy (non-hydrogen) atoms. The Kier molecular flexibility index (Phi) is 3.26. The van der Waals surface area contributed by atoms with E-state index < -0.39 is 5.54 Å². The Morgan fingerprint density at radius 1 is 1.35 bits per heavy atom. The summed E-state index contributed by atoms with van der Waals surface area (Å²) in [5.41, 5.74) is 7.45. The van der Waals surface area contributed by atoms with Crippen LogP contribution in [0.1, 0.15) is 11.1 Å². The smallest absolute Gasteiger partial charge is 0.0842 e. The van der Waals surface area contributed by atoms with Crippen molar-refractivity contribution >= 4 is 0 Å². The number of aromatic nitrogens is 2. The fourth-order valence-electron chi connectivity index (χ4n) is 1.85. The third-order valence-electron chi connectivity index (χ3n) is 2.84. The highest BCUT2D eigenvalue weighted by atomic mass is 16.3. The Morgan fingerprint density at radius 2 is 2.06 bits per heavy atom. The van der Waals surface area contributed by atoms with Crippen molar-refractivity contribution in [2.24, 2.45) is 5.73 Å². The van der Waals surface area contributed by atoms with E-state index in [0.29, 0.717) is 6.54 Å². The Morgan fingerprint density at radius 3 is 2.59 bits per heavy atom. The molecule has 1 aromatic carbocycles. The number of nitrogens with zero attached hydrogens (tertiary/aromatic N) is 2. The van der Waals surface area contributed by atoms with E-state index in [-0.39, 0.29) is 6.61 Å². The summed E-state index contributed by atoms with van der Waals surface area (Å²) in [5.74, 6) is 0. The number of benzene rings is 1. The summed E-state index contributed by atoms with van der Waals surface area (Å²) in [6, 6.07) is 9.61. The van der Waals surface area contributed by atoms with Crippen molar-refractivity contribution in [3.63, 3.8) is 0 Å². The van der Waals surface area contributed by atoms with Crippen LogP contribution in [0.2, 0.25) is 0 Å². The molecule has 90 valence electrons. The van der Waals surface area contributed by atoms with Crippen molar-refractivity contribution in [2.45, 2.75) is 19.0 Å². The molecule has 0 radical (unpaired) electrons. The van der Waals surface area contributed by atoms with Crippen molar-refractivity contribution < 1.29 is 5.11 Å². The van der Waals surface area contributed by atoms with Gasteiger partial charge < -0.3 is 10.8 Å². The quantitative estimate of drug-likeness (QED) is 0.826. The van der Waals surface area contributed by atoms with Crippen LogP contribution in [0, 0.1) is 6.92 Å². The molecular formula is C13H17N3O. The van der Waals surface area contributed by atoms with E-state index in [9.17, 15) is 5.11 Å². The molecule has 1 atom stereocenters. The van der Waals surface area contributed by atoms with E-state index >= 15 is 0 Å². The predicted octanol–water partition coefficient (Wildman–Crippen LogP) is 1.04. The van der Waals surface area contributed by atoms with Gasteiger partial charge in [0.05, 0.1) is 24.9 Å². The van der Waals surface area contributed by atoms with Crippen LogP contribution in [-0.2, 0) is 12.1 Å². The van der Waals surface area contributed by atoms with Crippen LogP contribution >= 0.6 is 0 Å². The van der Waals surface area contributed by atoms with Crippen molar-refractivity contribution in [2.75, 3.05) is 6.61 Å². The normalized spacial score (nSPS) is 14.5. The number of aliphatic hydroxyl groups is 1. The van der Waals surface area contributed by atoms with Crippen molar-refractivity contribution in [3.05, 3.63) is 53.9 Å². The first-order valence-electron chi connectivity index (χ1n) is 5.58. The first-order chi connectivity index (χ1) is 8.14. The Balaban J connectivity index is 2.26. The molecule has 1 unspecified atom stereocenters. The monoisotopic (exact) mass is 231 g/mol. The maximum absolute atomic E-state index is 9.54. The molecule has 3 N–H and O–H groups in total. The molecule has 0 aliphatic carbocycles. The molecule has 0 spiro atoms. The minimum atomic E-state index is -0.792. The van der Waals surface area contributed by atoms with Gasteiger partial charge >= 0.3 is 0 Å². The summed E-state index contributed by atoms with van der Waals surface area (Å²) in [4.78, 5) is 0. The number of hydrogen-bond donors (Lipinski definition) is 2. The maximum Gasteiger partial charge on any atom is 0.0842 e. The van der Waals surface area contributed by atoms with Crippen LogP contribution in [0.25, 0.3) is 0 Å². The molecule has 0 aliphatic rings. The molecule has 1 aromatic heterocycles. The van der Waals surface area contributed by atoms with Crippen molar-refractivity contribution in [1.82, 2.24) is 9.78 Å². The molecule has 4 nitrogen and oxygen atoms in total. The van der Waals surface area contributed by atoms with Crippen molar-refractivity contribution in [3.8, 4) is 0 Å². The fraction of sp³-hybridized carbons (Fsp3) is 0.308. The van der Waals surface area contributed by atoms with E-state index in [1.807, 2.05) is 43.5 Å². The van der Waals surface area contributed by atoms with Gasteiger partial charge in [0, 0.05) is 6.20 Å². The summed E-state index contributed by atoms with van der Waals surface area (Å²) in [6.07, 6.45) is 3.70. The van der Waals surface area contributed by atoms with Gasteiger partial charge in [-0.3, -0.25) is 4.68 Å². The average molecular weight is 231 g/mol. The van der Waals surface area contributed by atoms with E-state index in [4.69, 9.17) is 5.73 Å². The molecule has 1 heterocycles. The molecule has 2 rings (SSSR count). The molecule has 2 aromatic rings. The van der Waals surface area contributed by atoms with Gasteiger partial charge in [0.25, 0.3) is 0 Å². The molecule has 0 fully saturated rings. The van der Waals surface area contributed by atoms with Gasteiger partial charge in [-0.05, 0) is 18.1 Å². The average Bonchev–Trinajstić information content (AvgIpc) is 2.75. The molecule has 0 saturated heterocycles. The number of hydrogen-bond acceptors (Lipinski definition) is 3. The van der Waals surface area contributed by atoms with Gasteiger partial charge in [-0.2, -0.15) is 5.10 Å². The molecule has 4 heteroatoms. The fourth-order valence-corrected chi connectivity index (χ4v) is 1.85. The van der Waals surface area contributed by atoms with E-state index in [2.05, 4.69) is 5.10 Å².